The summed E-state index contributed by atoms with van der Waals surface area (Å²) in [5, 5.41) is 25.6. The van der Waals surface area contributed by atoms with Crippen molar-refractivity contribution >= 4 is 11.9 Å². The highest BCUT2D eigenvalue weighted by Crippen LogP contribution is 2.18. The topological polar surface area (TPSA) is 104 Å². The number of aliphatic carboxylic acids is 1. The molecule has 0 spiro atoms. The summed E-state index contributed by atoms with van der Waals surface area (Å²) in [5.41, 5.74) is 1.48. The Balaban J connectivity index is 0. The van der Waals surface area contributed by atoms with Crippen molar-refractivity contribution in [2.24, 2.45) is 0 Å². The Hall–Kier alpha value is -1.66. The Labute approximate surface area is 125 Å². The number of aliphatic hydroxyl groups excluding tert-OH is 2. The Morgan fingerprint density at radius 3 is 2.19 bits per heavy atom. The molecule has 0 aromatic carbocycles. The maximum absolute atomic E-state index is 11.5. The number of carbonyl (C=O) groups is 2. The van der Waals surface area contributed by atoms with Crippen molar-refractivity contribution in [1.82, 2.24) is 0 Å². The molecule has 1 unspecified atom stereocenters. The van der Waals surface area contributed by atoms with E-state index in [0.717, 1.165) is 30.9 Å². The number of carbonyl (C=O) groups excluding carboxylic acids is 1. The SMILES string of the molecule is C=CC(=O)O.COC(=O)C(CC(C)O)=C(C)CCCCO. The molecule has 0 bridgehead atoms. The number of hydrogen-bond donors (Lipinski definition) is 3. The molecule has 0 rings (SSSR count). The van der Waals surface area contributed by atoms with Crippen LogP contribution in [0.3, 0.4) is 0 Å². The van der Waals surface area contributed by atoms with Gasteiger partial charge in [-0.05, 0) is 33.1 Å². The molecule has 0 aliphatic heterocycles. The Morgan fingerprint density at radius 1 is 1.33 bits per heavy atom. The number of carboxylic acid groups (broad SMARTS) is 1. The lowest BCUT2D eigenvalue weighted by molar-refractivity contribution is -0.136. The molecule has 0 saturated carbocycles. The summed E-state index contributed by atoms with van der Waals surface area (Å²) in [6.07, 6.45) is 2.90. The zero-order valence-corrected chi connectivity index (χ0v) is 13.0. The van der Waals surface area contributed by atoms with Crippen LogP contribution in [0, 0.1) is 0 Å². The lowest BCUT2D eigenvalue weighted by atomic mass is 9.99. The number of allylic oxidation sites excluding steroid dienone is 1. The molecule has 6 nitrogen and oxygen atoms in total. The maximum Gasteiger partial charge on any atom is 0.333 e. The first-order valence-electron chi connectivity index (χ1n) is 6.71. The molecule has 0 aromatic rings. The van der Waals surface area contributed by atoms with Crippen molar-refractivity contribution in [3.63, 3.8) is 0 Å². The quantitative estimate of drug-likeness (QED) is 0.358. The minimum absolute atomic E-state index is 0.164. The third kappa shape index (κ3) is 13.1. The highest BCUT2D eigenvalue weighted by molar-refractivity contribution is 5.89. The molecule has 0 radical (unpaired) electrons. The second kappa shape index (κ2) is 13.3. The van der Waals surface area contributed by atoms with Gasteiger partial charge in [0.1, 0.15) is 0 Å². The second-order valence-corrected chi connectivity index (χ2v) is 4.53. The molecule has 0 aliphatic rings. The summed E-state index contributed by atoms with van der Waals surface area (Å²) < 4.78 is 4.68. The van der Waals surface area contributed by atoms with Gasteiger partial charge >= 0.3 is 11.9 Å². The van der Waals surface area contributed by atoms with Crippen LogP contribution in [-0.2, 0) is 14.3 Å². The van der Waals surface area contributed by atoms with Crippen LogP contribution in [-0.4, -0.2) is 47.1 Å². The van der Waals surface area contributed by atoms with Gasteiger partial charge in [-0.2, -0.15) is 0 Å². The van der Waals surface area contributed by atoms with Crippen molar-refractivity contribution in [2.75, 3.05) is 13.7 Å². The molecule has 0 heterocycles. The van der Waals surface area contributed by atoms with E-state index in [9.17, 15) is 14.7 Å². The van der Waals surface area contributed by atoms with Crippen molar-refractivity contribution < 1.29 is 29.6 Å². The zero-order chi connectivity index (χ0) is 16.8. The third-order valence-corrected chi connectivity index (χ3v) is 2.58. The van der Waals surface area contributed by atoms with Crippen molar-refractivity contribution in [3.8, 4) is 0 Å². The molecule has 0 amide bonds. The van der Waals surface area contributed by atoms with E-state index in [-0.39, 0.29) is 12.6 Å². The molecular weight excluding hydrogens is 276 g/mol. The maximum atomic E-state index is 11.5. The number of aliphatic hydroxyl groups is 2. The minimum atomic E-state index is -0.981. The molecule has 0 fully saturated rings. The summed E-state index contributed by atoms with van der Waals surface area (Å²) in [5.74, 6) is -1.35. The first-order valence-corrected chi connectivity index (χ1v) is 6.71. The van der Waals surface area contributed by atoms with Gasteiger partial charge in [0.15, 0.2) is 0 Å². The van der Waals surface area contributed by atoms with Crippen molar-refractivity contribution in [3.05, 3.63) is 23.8 Å². The average Bonchev–Trinajstić information content (AvgIpc) is 2.44. The fourth-order valence-corrected chi connectivity index (χ4v) is 1.50. The van der Waals surface area contributed by atoms with Gasteiger partial charge in [-0.1, -0.05) is 12.2 Å². The summed E-state index contributed by atoms with van der Waals surface area (Å²) in [6.45, 7) is 6.63. The fraction of sp³-hybridized carbons (Fsp3) is 0.600. The number of methoxy groups -OCH3 is 1. The first kappa shape index (κ1) is 21.6. The predicted octanol–water partition coefficient (Wildman–Crippen LogP) is 1.67. The van der Waals surface area contributed by atoms with E-state index < -0.39 is 12.1 Å². The third-order valence-electron chi connectivity index (χ3n) is 2.58. The molecule has 1 atom stereocenters. The fourth-order valence-electron chi connectivity index (χ4n) is 1.50. The van der Waals surface area contributed by atoms with Crippen LogP contribution in [0.4, 0.5) is 0 Å². The van der Waals surface area contributed by atoms with Gasteiger partial charge in [-0.15, -0.1) is 0 Å². The average molecular weight is 302 g/mol. The van der Waals surface area contributed by atoms with E-state index in [2.05, 4.69) is 11.3 Å². The van der Waals surface area contributed by atoms with Gasteiger partial charge in [-0.25, -0.2) is 9.59 Å². The predicted molar refractivity (Wildman–Crippen MR) is 79.8 cm³/mol. The van der Waals surface area contributed by atoms with E-state index in [1.807, 2.05) is 6.92 Å². The van der Waals surface area contributed by atoms with Crippen LogP contribution >= 0.6 is 0 Å². The van der Waals surface area contributed by atoms with Gasteiger partial charge in [0.2, 0.25) is 0 Å². The lowest BCUT2D eigenvalue weighted by Gasteiger charge is -2.12. The largest absolute Gasteiger partial charge is 0.478 e. The van der Waals surface area contributed by atoms with Crippen LogP contribution in [0.15, 0.2) is 23.8 Å². The number of hydrogen-bond acceptors (Lipinski definition) is 5. The van der Waals surface area contributed by atoms with Gasteiger partial charge in [-0.3, -0.25) is 0 Å². The van der Waals surface area contributed by atoms with E-state index in [1.165, 1.54) is 7.11 Å². The van der Waals surface area contributed by atoms with Crippen molar-refractivity contribution in [1.29, 1.82) is 0 Å². The van der Waals surface area contributed by atoms with E-state index in [4.69, 9.17) is 10.2 Å². The van der Waals surface area contributed by atoms with Gasteiger partial charge < -0.3 is 20.1 Å². The number of unbranched alkanes of at least 4 members (excludes halogenated alkanes) is 1. The number of carboxylic acids is 1. The monoisotopic (exact) mass is 302 g/mol. The van der Waals surface area contributed by atoms with E-state index in [0.29, 0.717) is 12.0 Å². The van der Waals surface area contributed by atoms with Gasteiger partial charge in [0.25, 0.3) is 0 Å². The first-order chi connectivity index (χ1) is 9.79. The van der Waals surface area contributed by atoms with Crippen molar-refractivity contribution in [2.45, 2.75) is 45.6 Å². The van der Waals surface area contributed by atoms with Gasteiger partial charge in [0.05, 0.1) is 13.2 Å². The standard InChI is InChI=1S/C12H22O4.C3H4O2/c1-9(6-4-5-7-13)11(8-10(2)14)12(15)16-3;1-2-3(4)5/h10,13-14H,4-8H2,1-3H3;2H,1H2,(H,4,5). The van der Waals surface area contributed by atoms with Gasteiger partial charge in [0, 0.05) is 24.7 Å². The smallest absolute Gasteiger partial charge is 0.333 e. The highest BCUT2D eigenvalue weighted by atomic mass is 16.5. The van der Waals surface area contributed by atoms with E-state index >= 15 is 0 Å². The van der Waals surface area contributed by atoms with Crippen LogP contribution in [0.25, 0.3) is 0 Å². The van der Waals surface area contributed by atoms with Crippen LogP contribution in [0.5, 0.6) is 0 Å². The second-order valence-electron chi connectivity index (χ2n) is 4.53. The molecule has 0 aromatic heterocycles. The summed E-state index contributed by atoms with van der Waals surface area (Å²) in [6, 6.07) is 0. The minimum Gasteiger partial charge on any atom is -0.478 e. The summed E-state index contributed by atoms with van der Waals surface area (Å²) in [4.78, 5) is 20.7. The number of rotatable bonds is 8. The van der Waals surface area contributed by atoms with E-state index in [1.54, 1.807) is 6.92 Å². The Bertz CT molecular complexity index is 357. The molecule has 3 N–H and O–H groups in total. The molecular formula is C15H26O6. The Kier molecular flexibility index (Phi) is 13.7. The summed E-state index contributed by atoms with van der Waals surface area (Å²) >= 11 is 0. The van der Waals surface area contributed by atoms with Crippen LogP contribution < -0.4 is 0 Å². The number of ether oxygens (including phenoxy) is 1. The molecule has 0 saturated heterocycles. The lowest BCUT2D eigenvalue weighted by Crippen LogP contribution is -2.13. The molecule has 6 heteroatoms. The summed E-state index contributed by atoms with van der Waals surface area (Å²) in [7, 11) is 1.34. The normalized spacial score (nSPS) is 12.4. The highest BCUT2D eigenvalue weighted by Gasteiger charge is 2.15. The molecule has 21 heavy (non-hydrogen) atoms. The molecule has 122 valence electrons. The zero-order valence-electron chi connectivity index (χ0n) is 13.0. The van der Waals surface area contributed by atoms with Crippen LogP contribution in [0.1, 0.15) is 39.5 Å². The number of esters is 1. The molecule has 0 aliphatic carbocycles. The van der Waals surface area contributed by atoms with Crippen LogP contribution in [0.2, 0.25) is 0 Å². The Morgan fingerprint density at radius 2 is 1.86 bits per heavy atom.